The summed E-state index contributed by atoms with van der Waals surface area (Å²) in [5.41, 5.74) is 1.87. The molecule has 35 heavy (non-hydrogen) atoms. The first kappa shape index (κ1) is 26.8. The van der Waals surface area contributed by atoms with Crippen LogP contribution in [0, 0.1) is 6.92 Å². The van der Waals surface area contributed by atoms with Crippen molar-refractivity contribution in [1.29, 1.82) is 0 Å². The Morgan fingerprint density at radius 1 is 1.09 bits per heavy atom. The summed E-state index contributed by atoms with van der Waals surface area (Å²) < 4.78 is 5.81. The number of Topliss-reactive ketones (excluding diaryl/α,β-unsaturated/α-hetero) is 1. The highest BCUT2D eigenvalue weighted by molar-refractivity contribution is 6.46. The Balaban J connectivity index is 2.03. The van der Waals surface area contributed by atoms with Crippen LogP contribution < -0.4 is 14.7 Å². The summed E-state index contributed by atoms with van der Waals surface area (Å²) in [6.07, 6.45) is 1.98. The average Bonchev–Trinajstić information content (AvgIpc) is 3.10. The number of nitrogens with one attached hydrogen (secondary N) is 1. The third-order valence-corrected chi connectivity index (χ3v) is 6.87. The molecule has 1 N–H and O–H groups in total. The molecule has 0 aliphatic carbocycles. The van der Waals surface area contributed by atoms with E-state index in [1.165, 1.54) is 4.90 Å². The van der Waals surface area contributed by atoms with Crippen molar-refractivity contribution in [2.75, 3.05) is 32.8 Å². The van der Waals surface area contributed by atoms with Crippen LogP contribution in [0.25, 0.3) is 5.76 Å². The number of amides is 1. The predicted molar refractivity (Wildman–Crippen MR) is 136 cm³/mol. The second-order valence-electron chi connectivity index (χ2n) is 8.91. The number of hydrogen-bond acceptors (Lipinski definition) is 4. The van der Waals surface area contributed by atoms with E-state index < -0.39 is 23.5 Å². The van der Waals surface area contributed by atoms with Crippen LogP contribution in [0.1, 0.15) is 56.3 Å². The van der Waals surface area contributed by atoms with Crippen molar-refractivity contribution in [3.05, 3.63) is 69.8 Å². The van der Waals surface area contributed by atoms with Crippen LogP contribution in [0.15, 0.2) is 48.0 Å². The Labute approximate surface area is 213 Å². The largest absolute Gasteiger partial charge is 0.872 e. The van der Waals surface area contributed by atoms with Crippen LogP contribution in [-0.4, -0.2) is 49.4 Å². The summed E-state index contributed by atoms with van der Waals surface area (Å²) in [5.74, 6) is -1.07. The van der Waals surface area contributed by atoms with Gasteiger partial charge in [0.25, 0.3) is 5.91 Å². The summed E-state index contributed by atoms with van der Waals surface area (Å²) in [6, 6.07) is 11.4. The average molecular weight is 499 g/mol. The fourth-order valence-corrected chi connectivity index (χ4v) is 4.54. The minimum atomic E-state index is -0.740. The molecule has 0 bridgehead atoms. The quantitative estimate of drug-likeness (QED) is 0.224. The number of ketones is 1. The molecular formula is C28H35ClN2O4. The zero-order valence-corrected chi connectivity index (χ0v) is 21.8. The number of carbonyl (C=O) groups is 2. The van der Waals surface area contributed by atoms with Gasteiger partial charge in [-0.3, -0.25) is 9.59 Å². The molecule has 2 aromatic rings. The predicted octanol–water partition coefficient (Wildman–Crippen LogP) is 2.98. The summed E-state index contributed by atoms with van der Waals surface area (Å²) in [6.45, 7) is 11.7. The van der Waals surface area contributed by atoms with E-state index in [0.29, 0.717) is 41.6 Å². The van der Waals surface area contributed by atoms with Crippen molar-refractivity contribution < 1.29 is 24.3 Å². The zero-order valence-electron chi connectivity index (χ0n) is 21.0. The molecule has 0 spiro atoms. The van der Waals surface area contributed by atoms with Crippen molar-refractivity contribution >= 4 is 29.1 Å². The van der Waals surface area contributed by atoms with Crippen LogP contribution in [-0.2, 0) is 9.59 Å². The van der Waals surface area contributed by atoms with Crippen LogP contribution in [0.3, 0.4) is 0 Å². The number of nitrogens with zero attached hydrogens (tertiary/aromatic N) is 1. The maximum absolute atomic E-state index is 13.7. The number of hydrogen-bond donors (Lipinski definition) is 1. The van der Waals surface area contributed by atoms with E-state index in [0.717, 1.165) is 31.5 Å². The third kappa shape index (κ3) is 6.06. The number of rotatable bonds is 11. The van der Waals surface area contributed by atoms with Crippen LogP contribution >= 0.6 is 11.6 Å². The van der Waals surface area contributed by atoms with Gasteiger partial charge in [-0.15, -0.1) is 0 Å². The van der Waals surface area contributed by atoms with Crippen molar-refractivity contribution in [3.63, 3.8) is 0 Å². The minimum absolute atomic E-state index is 0.00841. The molecule has 7 heteroatoms. The number of aryl methyl sites for hydroxylation is 1. The SMILES string of the molecule is CCCCOc1ccc(/C([O-])=C2\C(=O)C(=O)N(CC[NH+](CC)CC)C2c2ccc(Cl)cc2)cc1C. The molecule has 1 amide bonds. The molecule has 1 atom stereocenters. The van der Waals surface area contributed by atoms with Crippen LogP contribution in [0.2, 0.25) is 5.02 Å². The van der Waals surface area contributed by atoms with Crippen molar-refractivity contribution in [3.8, 4) is 5.75 Å². The topological polar surface area (TPSA) is 74.1 Å². The lowest BCUT2D eigenvalue weighted by molar-refractivity contribution is -0.895. The van der Waals surface area contributed by atoms with Gasteiger partial charge in [0, 0.05) is 10.6 Å². The van der Waals surface area contributed by atoms with E-state index in [9.17, 15) is 14.7 Å². The Morgan fingerprint density at radius 2 is 1.77 bits per heavy atom. The first-order chi connectivity index (χ1) is 16.8. The fraction of sp³-hybridized carbons (Fsp3) is 0.429. The Kier molecular flexibility index (Phi) is 9.35. The number of likely N-dealkylation sites (tertiary alicyclic amines) is 1. The number of quaternary nitrogens is 1. The third-order valence-electron chi connectivity index (χ3n) is 6.61. The zero-order chi connectivity index (χ0) is 25.5. The summed E-state index contributed by atoms with van der Waals surface area (Å²) >= 11 is 6.09. The number of unbranched alkanes of at least 4 members (excludes halogenated alkanes) is 1. The molecule has 1 fully saturated rings. The van der Waals surface area contributed by atoms with Gasteiger partial charge in [0.2, 0.25) is 5.78 Å². The summed E-state index contributed by atoms with van der Waals surface area (Å²) in [7, 11) is 0. The minimum Gasteiger partial charge on any atom is -0.872 e. The maximum Gasteiger partial charge on any atom is 0.295 e. The highest BCUT2D eigenvalue weighted by Gasteiger charge is 2.44. The molecule has 188 valence electrons. The lowest BCUT2D eigenvalue weighted by Gasteiger charge is -2.28. The summed E-state index contributed by atoms with van der Waals surface area (Å²) in [4.78, 5) is 29.1. The molecule has 6 nitrogen and oxygen atoms in total. The molecule has 1 saturated heterocycles. The van der Waals surface area contributed by atoms with Crippen LogP contribution in [0.5, 0.6) is 5.75 Å². The molecule has 2 aromatic carbocycles. The first-order valence-electron chi connectivity index (χ1n) is 12.4. The first-order valence-corrected chi connectivity index (χ1v) is 12.8. The number of carbonyl (C=O) groups excluding carboxylic acids is 2. The van der Waals surface area contributed by atoms with E-state index in [2.05, 4.69) is 20.8 Å². The normalized spacial score (nSPS) is 17.4. The Hall–Kier alpha value is -2.83. The lowest BCUT2D eigenvalue weighted by atomic mass is 9.95. The second kappa shape index (κ2) is 12.2. The maximum atomic E-state index is 13.7. The molecular weight excluding hydrogens is 464 g/mol. The van der Waals surface area contributed by atoms with Crippen LogP contribution in [0.4, 0.5) is 0 Å². The van der Waals surface area contributed by atoms with Gasteiger partial charge in [-0.25, -0.2) is 0 Å². The Bertz CT molecular complexity index is 1080. The molecule has 1 unspecified atom stereocenters. The monoisotopic (exact) mass is 498 g/mol. The summed E-state index contributed by atoms with van der Waals surface area (Å²) in [5, 5.41) is 14.2. The highest BCUT2D eigenvalue weighted by Crippen LogP contribution is 2.39. The molecule has 0 radical (unpaired) electrons. The number of likely N-dealkylation sites (N-methyl/N-ethyl adjacent to an activating group) is 1. The molecule has 1 aliphatic heterocycles. The Morgan fingerprint density at radius 3 is 2.37 bits per heavy atom. The molecule has 3 rings (SSSR count). The fourth-order valence-electron chi connectivity index (χ4n) is 4.41. The van der Waals surface area contributed by atoms with Gasteiger partial charge in [-0.1, -0.05) is 48.9 Å². The molecule has 0 aromatic heterocycles. The molecule has 1 heterocycles. The van der Waals surface area contributed by atoms with Crippen molar-refractivity contribution in [2.24, 2.45) is 0 Å². The van der Waals surface area contributed by atoms with Gasteiger partial charge >= 0.3 is 0 Å². The smallest absolute Gasteiger partial charge is 0.295 e. The number of benzene rings is 2. The van der Waals surface area contributed by atoms with E-state index in [-0.39, 0.29) is 5.57 Å². The van der Waals surface area contributed by atoms with E-state index in [1.54, 1.807) is 47.4 Å². The van der Waals surface area contributed by atoms with E-state index in [1.807, 2.05) is 6.92 Å². The molecule has 1 aliphatic rings. The second-order valence-corrected chi connectivity index (χ2v) is 9.35. The van der Waals surface area contributed by atoms with E-state index in [4.69, 9.17) is 16.3 Å². The number of ether oxygens (including phenoxy) is 1. The standard InChI is InChI=1S/C28H35ClN2O4/c1-5-8-17-35-23-14-11-21(18-19(23)4)26(32)24-25(20-9-12-22(29)13-10-20)31(28(34)27(24)33)16-15-30(6-2)7-3/h9-14,18,25,32H,5-8,15-17H2,1-4H3/b26-24+. The van der Waals surface area contributed by atoms with Gasteiger partial charge in [-0.2, -0.15) is 0 Å². The van der Waals surface area contributed by atoms with Gasteiger partial charge in [0.15, 0.2) is 0 Å². The highest BCUT2D eigenvalue weighted by atomic mass is 35.5. The number of halogens is 1. The van der Waals surface area contributed by atoms with Gasteiger partial charge in [0.05, 0.1) is 38.8 Å². The van der Waals surface area contributed by atoms with E-state index >= 15 is 0 Å². The molecule has 0 saturated carbocycles. The van der Waals surface area contributed by atoms with Gasteiger partial charge in [-0.05, 0) is 68.1 Å². The lowest BCUT2D eigenvalue weighted by Crippen LogP contribution is -3.12. The van der Waals surface area contributed by atoms with Crippen molar-refractivity contribution in [2.45, 2.75) is 46.6 Å². The van der Waals surface area contributed by atoms with Gasteiger partial charge < -0.3 is 19.6 Å². The van der Waals surface area contributed by atoms with Gasteiger partial charge in [0.1, 0.15) is 5.75 Å². The van der Waals surface area contributed by atoms with Crippen molar-refractivity contribution in [1.82, 2.24) is 4.90 Å².